The molecule has 0 spiro atoms. The molecule has 0 amide bonds. The number of fused-ring (bicyclic) bond motifs is 1. The number of rotatable bonds is 9. The summed E-state index contributed by atoms with van der Waals surface area (Å²) in [6.07, 6.45) is 3.98. The normalized spacial score (nSPS) is 15.0. The van der Waals surface area contributed by atoms with E-state index in [1.807, 2.05) is 18.2 Å². The maximum absolute atomic E-state index is 9.54. The summed E-state index contributed by atoms with van der Waals surface area (Å²) in [5.41, 5.74) is 3.94. The molecule has 0 bridgehead atoms. The molecule has 0 aliphatic carbocycles. The lowest BCUT2D eigenvalue weighted by Crippen LogP contribution is -2.32. The van der Waals surface area contributed by atoms with Crippen LogP contribution in [-0.2, 0) is 6.54 Å². The molecule has 1 N–H and O–H groups in total. The first-order chi connectivity index (χ1) is 16.1. The molecule has 0 unspecified atom stereocenters. The van der Waals surface area contributed by atoms with Crippen molar-refractivity contribution in [3.05, 3.63) is 47.8 Å². The number of nitriles is 1. The Morgan fingerprint density at radius 1 is 1.18 bits per heavy atom. The molecule has 4 rings (SSSR count). The Kier molecular flexibility index (Phi) is 7.92. The first kappa shape index (κ1) is 23.6. The molecule has 1 saturated heterocycles. The van der Waals surface area contributed by atoms with Gasteiger partial charge in [0, 0.05) is 48.8 Å². The van der Waals surface area contributed by atoms with E-state index in [0.29, 0.717) is 23.0 Å². The number of hydrogen-bond donors (Lipinski definition) is 1. The van der Waals surface area contributed by atoms with E-state index in [2.05, 4.69) is 45.3 Å². The van der Waals surface area contributed by atoms with E-state index in [1.54, 1.807) is 10.7 Å². The van der Waals surface area contributed by atoms with Gasteiger partial charge in [-0.25, -0.2) is 4.98 Å². The van der Waals surface area contributed by atoms with Gasteiger partial charge in [-0.2, -0.15) is 14.9 Å². The summed E-state index contributed by atoms with van der Waals surface area (Å²) < 4.78 is 1.70. The molecule has 3 heterocycles. The van der Waals surface area contributed by atoms with Gasteiger partial charge in [-0.1, -0.05) is 13.0 Å². The standard InChI is InChI=1S/C24H29Cl2N7/c1-18-5-9-31(10-6-18)17-21-14-23(33-24(30-21)19(15-27)16-28-33)29-20-3-2-4-22(13-20)32(11-7-25)12-8-26/h2-4,13-14,16,18,29H,5-12,17H2,1H3. The predicted molar refractivity (Wildman–Crippen MR) is 135 cm³/mol. The Bertz CT molecular complexity index is 1110. The van der Waals surface area contributed by atoms with Crippen molar-refractivity contribution >= 4 is 46.0 Å². The highest BCUT2D eigenvalue weighted by Crippen LogP contribution is 2.25. The van der Waals surface area contributed by atoms with Crippen LogP contribution in [0.15, 0.2) is 36.5 Å². The Morgan fingerprint density at radius 3 is 2.64 bits per heavy atom. The highest BCUT2D eigenvalue weighted by Gasteiger charge is 2.18. The van der Waals surface area contributed by atoms with Crippen LogP contribution >= 0.6 is 23.2 Å². The summed E-state index contributed by atoms with van der Waals surface area (Å²) in [5, 5.41) is 17.4. The third kappa shape index (κ3) is 5.70. The van der Waals surface area contributed by atoms with Gasteiger partial charge in [-0.05, 0) is 50.0 Å². The molecule has 1 aromatic carbocycles. The minimum absolute atomic E-state index is 0.469. The molecule has 33 heavy (non-hydrogen) atoms. The first-order valence-electron chi connectivity index (χ1n) is 11.4. The van der Waals surface area contributed by atoms with Crippen molar-refractivity contribution in [1.29, 1.82) is 5.26 Å². The molecule has 1 aliphatic heterocycles. The quantitative estimate of drug-likeness (QED) is 0.436. The second-order valence-corrected chi connectivity index (χ2v) is 9.29. The molecule has 0 radical (unpaired) electrons. The number of halogens is 2. The summed E-state index contributed by atoms with van der Waals surface area (Å²) in [6, 6.07) is 12.4. The van der Waals surface area contributed by atoms with E-state index in [9.17, 15) is 5.26 Å². The predicted octanol–water partition coefficient (Wildman–Crippen LogP) is 4.86. The van der Waals surface area contributed by atoms with E-state index >= 15 is 0 Å². The molecular formula is C24H29Cl2N7. The Balaban J connectivity index is 1.63. The fourth-order valence-corrected chi connectivity index (χ4v) is 4.62. The van der Waals surface area contributed by atoms with Crippen molar-refractivity contribution in [2.45, 2.75) is 26.3 Å². The lowest BCUT2D eigenvalue weighted by molar-refractivity contribution is 0.183. The number of anilines is 3. The van der Waals surface area contributed by atoms with Gasteiger partial charge in [0.15, 0.2) is 5.65 Å². The maximum atomic E-state index is 9.54. The van der Waals surface area contributed by atoms with E-state index < -0.39 is 0 Å². The zero-order chi connectivity index (χ0) is 23.2. The molecule has 3 aromatic rings. The molecule has 0 atom stereocenters. The van der Waals surface area contributed by atoms with Gasteiger partial charge in [0.05, 0.1) is 11.9 Å². The maximum Gasteiger partial charge on any atom is 0.175 e. The number of likely N-dealkylation sites (tertiary alicyclic amines) is 1. The second kappa shape index (κ2) is 11.1. The van der Waals surface area contributed by atoms with Crippen molar-refractivity contribution in [3.8, 4) is 6.07 Å². The number of aromatic nitrogens is 3. The Morgan fingerprint density at radius 2 is 1.94 bits per heavy atom. The summed E-state index contributed by atoms with van der Waals surface area (Å²) >= 11 is 12.0. The van der Waals surface area contributed by atoms with Crippen LogP contribution in [0.4, 0.5) is 17.2 Å². The highest BCUT2D eigenvalue weighted by atomic mass is 35.5. The summed E-state index contributed by atoms with van der Waals surface area (Å²) in [5.74, 6) is 2.61. The van der Waals surface area contributed by atoms with Crippen molar-refractivity contribution in [3.63, 3.8) is 0 Å². The lowest BCUT2D eigenvalue weighted by atomic mass is 9.99. The van der Waals surface area contributed by atoms with E-state index in [0.717, 1.165) is 61.5 Å². The lowest BCUT2D eigenvalue weighted by Gasteiger charge is -2.29. The average molecular weight is 486 g/mol. The minimum atomic E-state index is 0.469. The van der Waals surface area contributed by atoms with Crippen LogP contribution in [0, 0.1) is 17.2 Å². The van der Waals surface area contributed by atoms with Gasteiger partial charge >= 0.3 is 0 Å². The third-order valence-electron chi connectivity index (χ3n) is 6.10. The molecule has 0 saturated carbocycles. The summed E-state index contributed by atoms with van der Waals surface area (Å²) in [4.78, 5) is 9.37. The van der Waals surface area contributed by atoms with Crippen LogP contribution in [0.25, 0.3) is 5.65 Å². The number of nitrogens with one attached hydrogen (secondary N) is 1. The number of hydrogen-bond acceptors (Lipinski definition) is 6. The van der Waals surface area contributed by atoms with Gasteiger partial charge in [-0.15, -0.1) is 23.2 Å². The van der Waals surface area contributed by atoms with Crippen LogP contribution in [0.1, 0.15) is 31.0 Å². The molecule has 2 aromatic heterocycles. The van der Waals surface area contributed by atoms with Gasteiger partial charge in [0.25, 0.3) is 0 Å². The van der Waals surface area contributed by atoms with Gasteiger partial charge < -0.3 is 10.2 Å². The zero-order valence-corrected chi connectivity index (χ0v) is 20.4. The fraction of sp³-hybridized carbons (Fsp3) is 0.458. The molecule has 7 nitrogen and oxygen atoms in total. The van der Waals surface area contributed by atoms with Gasteiger partial charge in [0.1, 0.15) is 17.5 Å². The van der Waals surface area contributed by atoms with E-state index in [-0.39, 0.29) is 0 Å². The molecular weight excluding hydrogens is 457 g/mol. The SMILES string of the molecule is CC1CCN(Cc2cc(Nc3cccc(N(CCCl)CCCl)c3)n3ncc(C#N)c3n2)CC1. The molecule has 1 aliphatic rings. The van der Waals surface area contributed by atoms with Crippen molar-refractivity contribution in [2.75, 3.05) is 48.2 Å². The third-order valence-corrected chi connectivity index (χ3v) is 6.44. The van der Waals surface area contributed by atoms with Crippen molar-refractivity contribution in [2.24, 2.45) is 5.92 Å². The average Bonchev–Trinajstić information content (AvgIpc) is 3.24. The van der Waals surface area contributed by atoms with E-state index in [1.165, 1.54) is 12.8 Å². The summed E-state index contributed by atoms with van der Waals surface area (Å²) in [6.45, 7) is 6.65. The smallest absolute Gasteiger partial charge is 0.175 e. The number of piperidine rings is 1. The van der Waals surface area contributed by atoms with Gasteiger partial charge in [0.2, 0.25) is 0 Å². The van der Waals surface area contributed by atoms with Crippen LogP contribution < -0.4 is 10.2 Å². The first-order valence-corrected chi connectivity index (χ1v) is 12.4. The number of alkyl halides is 2. The fourth-order valence-electron chi connectivity index (χ4n) is 4.21. The molecule has 1 fully saturated rings. The topological polar surface area (TPSA) is 72.5 Å². The number of benzene rings is 1. The number of nitrogens with zero attached hydrogens (tertiary/aromatic N) is 6. The Hall–Kier alpha value is -2.53. The summed E-state index contributed by atoms with van der Waals surface area (Å²) in [7, 11) is 0. The van der Waals surface area contributed by atoms with Crippen LogP contribution in [0.3, 0.4) is 0 Å². The monoisotopic (exact) mass is 485 g/mol. The van der Waals surface area contributed by atoms with Crippen LogP contribution in [0.2, 0.25) is 0 Å². The zero-order valence-electron chi connectivity index (χ0n) is 18.8. The van der Waals surface area contributed by atoms with Crippen LogP contribution in [-0.4, -0.2) is 57.4 Å². The van der Waals surface area contributed by atoms with Crippen molar-refractivity contribution < 1.29 is 0 Å². The van der Waals surface area contributed by atoms with Gasteiger partial charge in [-0.3, -0.25) is 4.90 Å². The molecule has 9 heteroatoms. The second-order valence-electron chi connectivity index (χ2n) is 8.54. The van der Waals surface area contributed by atoms with Crippen LogP contribution in [0.5, 0.6) is 0 Å². The Labute approximate surface area is 204 Å². The molecule has 174 valence electrons. The highest BCUT2D eigenvalue weighted by molar-refractivity contribution is 6.18. The minimum Gasteiger partial charge on any atom is -0.369 e. The van der Waals surface area contributed by atoms with Crippen molar-refractivity contribution in [1.82, 2.24) is 19.5 Å². The van der Waals surface area contributed by atoms with E-state index in [4.69, 9.17) is 28.2 Å². The largest absolute Gasteiger partial charge is 0.369 e.